The first-order chi connectivity index (χ1) is 8.98. The van der Waals surface area contributed by atoms with Gasteiger partial charge in [0.15, 0.2) is 0 Å². The van der Waals surface area contributed by atoms with Crippen molar-refractivity contribution in [2.75, 3.05) is 0 Å². The number of nitrogens with two attached hydrogens (primary N) is 1. The van der Waals surface area contributed by atoms with E-state index in [9.17, 15) is 9.59 Å². The summed E-state index contributed by atoms with van der Waals surface area (Å²) >= 11 is 0. The number of hydrogen-bond acceptors (Lipinski definition) is 3. The molecule has 1 aliphatic rings. The number of amides is 1. The van der Waals surface area contributed by atoms with Gasteiger partial charge in [-0.25, -0.2) is 4.79 Å². The van der Waals surface area contributed by atoms with E-state index in [-0.39, 0.29) is 17.0 Å². The maximum absolute atomic E-state index is 11.7. The highest BCUT2D eigenvalue weighted by molar-refractivity contribution is 5.87. The lowest BCUT2D eigenvalue weighted by atomic mass is 9.75. The first kappa shape index (κ1) is 13.5. The molecule has 4 N–H and O–H groups in total. The molecule has 0 saturated heterocycles. The van der Waals surface area contributed by atoms with Crippen molar-refractivity contribution in [2.45, 2.75) is 37.8 Å². The van der Waals surface area contributed by atoms with Crippen LogP contribution in [0.5, 0.6) is 0 Å². The fourth-order valence-electron chi connectivity index (χ4n) is 2.20. The topological polar surface area (TPSA) is 92.4 Å². The van der Waals surface area contributed by atoms with Crippen LogP contribution in [0.2, 0.25) is 0 Å². The van der Waals surface area contributed by atoms with Gasteiger partial charge in [-0.1, -0.05) is 12.1 Å². The van der Waals surface area contributed by atoms with Gasteiger partial charge in [0.05, 0.1) is 5.56 Å². The average molecular weight is 262 g/mol. The molecule has 0 aliphatic heterocycles. The quantitative estimate of drug-likeness (QED) is 0.745. The number of nitrogens with one attached hydrogen (secondary N) is 1. The van der Waals surface area contributed by atoms with Crippen LogP contribution in [0.1, 0.15) is 41.6 Å². The third-order valence-corrected chi connectivity index (χ3v) is 3.53. The monoisotopic (exact) mass is 262 g/mol. The lowest BCUT2D eigenvalue weighted by Gasteiger charge is -2.37. The smallest absolute Gasteiger partial charge is 0.335 e. The van der Waals surface area contributed by atoms with E-state index in [1.807, 2.05) is 0 Å². The zero-order valence-electron chi connectivity index (χ0n) is 10.7. The molecule has 0 aromatic heterocycles. The molecule has 0 spiro atoms. The van der Waals surface area contributed by atoms with Crippen molar-refractivity contribution >= 4 is 11.9 Å². The molecule has 5 heteroatoms. The van der Waals surface area contributed by atoms with Crippen molar-refractivity contribution in [1.29, 1.82) is 0 Å². The number of carboxylic acid groups (broad SMARTS) is 1. The minimum Gasteiger partial charge on any atom is -0.478 e. The largest absolute Gasteiger partial charge is 0.478 e. The molecule has 1 amide bonds. The first-order valence-electron chi connectivity index (χ1n) is 6.36. The number of carbonyl (C=O) groups excluding carboxylic acids is 1. The molecule has 0 atom stereocenters. The third-order valence-electron chi connectivity index (χ3n) is 3.53. The number of carbonyl (C=O) groups is 2. The van der Waals surface area contributed by atoms with Gasteiger partial charge in [-0.15, -0.1) is 0 Å². The number of rotatable bonds is 5. The molecule has 2 rings (SSSR count). The predicted octanol–water partition coefficient (Wildman–Crippen LogP) is 1.27. The Labute approximate surface area is 111 Å². The highest BCUT2D eigenvalue weighted by atomic mass is 16.4. The number of hydrogen-bond donors (Lipinski definition) is 3. The van der Waals surface area contributed by atoms with Crippen LogP contribution in [0.15, 0.2) is 24.3 Å². The molecule has 1 fully saturated rings. The Morgan fingerprint density at radius 1 is 1.37 bits per heavy atom. The molecule has 0 heterocycles. The zero-order chi connectivity index (χ0) is 13.9. The predicted molar refractivity (Wildman–Crippen MR) is 70.6 cm³/mol. The van der Waals surface area contributed by atoms with E-state index in [0.717, 1.165) is 24.8 Å². The summed E-state index contributed by atoms with van der Waals surface area (Å²) in [6, 6.07) is 6.54. The summed E-state index contributed by atoms with van der Waals surface area (Å²) in [5.74, 6) is -1.05. The van der Waals surface area contributed by atoms with Gasteiger partial charge in [0, 0.05) is 18.5 Å². The second kappa shape index (κ2) is 5.40. The van der Waals surface area contributed by atoms with E-state index in [1.54, 1.807) is 18.2 Å². The van der Waals surface area contributed by atoms with Gasteiger partial charge in [-0.05, 0) is 37.0 Å². The van der Waals surface area contributed by atoms with E-state index in [1.165, 1.54) is 6.07 Å². The molecule has 1 aliphatic carbocycles. The first-order valence-corrected chi connectivity index (χ1v) is 6.36. The van der Waals surface area contributed by atoms with Crippen molar-refractivity contribution in [3.05, 3.63) is 35.4 Å². The van der Waals surface area contributed by atoms with Crippen LogP contribution in [0, 0.1) is 0 Å². The highest BCUT2D eigenvalue weighted by Gasteiger charge is 2.34. The molecule has 19 heavy (non-hydrogen) atoms. The van der Waals surface area contributed by atoms with Gasteiger partial charge in [0.1, 0.15) is 0 Å². The average Bonchev–Trinajstić information content (AvgIpc) is 2.35. The van der Waals surface area contributed by atoms with Crippen LogP contribution in [-0.4, -0.2) is 22.5 Å². The van der Waals surface area contributed by atoms with Crippen LogP contribution in [-0.2, 0) is 11.3 Å². The van der Waals surface area contributed by atoms with Crippen LogP contribution in [0.4, 0.5) is 0 Å². The van der Waals surface area contributed by atoms with Crippen LogP contribution in [0.25, 0.3) is 0 Å². The molecule has 1 aromatic carbocycles. The van der Waals surface area contributed by atoms with E-state index in [0.29, 0.717) is 13.0 Å². The van der Waals surface area contributed by atoms with Gasteiger partial charge in [0.25, 0.3) is 0 Å². The van der Waals surface area contributed by atoms with Crippen molar-refractivity contribution in [3.8, 4) is 0 Å². The Morgan fingerprint density at radius 3 is 2.68 bits per heavy atom. The molecule has 1 aromatic rings. The maximum Gasteiger partial charge on any atom is 0.335 e. The van der Waals surface area contributed by atoms with E-state index >= 15 is 0 Å². The standard InChI is InChI=1S/C14H18N2O3/c15-14(5-2-6-14)8-12(17)16-9-10-3-1-4-11(7-10)13(18)19/h1,3-4,7H,2,5-6,8-9,15H2,(H,16,17)(H,18,19). The van der Waals surface area contributed by atoms with E-state index < -0.39 is 5.97 Å². The lowest BCUT2D eigenvalue weighted by molar-refractivity contribution is -0.123. The Morgan fingerprint density at radius 2 is 2.11 bits per heavy atom. The highest BCUT2D eigenvalue weighted by Crippen LogP contribution is 2.31. The second-order valence-corrected chi connectivity index (χ2v) is 5.17. The van der Waals surface area contributed by atoms with E-state index in [4.69, 9.17) is 10.8 Å². The second-order valence-electron chi connectivity index (χ2n) is 5.17. The van der Waals surface area contributed by atoms with Gasteiger partial charge in [-0.2, -0.15) is 0 Å². The van der Waals surface area contributed by atoms with Crippen LogP contribution in [0.3, 0.4) is 0 Å². The van der Waals surface area contributed by atoms with Crippen LogP contribution < -0.4 is 11.1 Å². The molecule has 0 bridgehead atoms. The SMILES string of the molecule is NC1(CC(=O)NCc2cccc(C(=O)O)c2)CCC1. The molecule has 102 valence electrons. The number of benzene rings is 1. The summed E-state index contributed by atoms with van der Waals surface area (Å²) in [7, 11) is 0. The Hall–Kier alpha value is -1.88. The minimum absolute atomic E-state index is 0.0806. The summed E-state index contributed by atoms with van der Waals surface area (Å²) in [5, 5.41) is 11.7. The van der Waals surface area contributed by atoms with E-state index in [2.05, 4.69) is 5.32 Å². The van der Waals surface area contributed by atoms with Gasteiger partial charge in [0.2, 0.25) is 5.91 Å². The maximum atomic E-state index is 11.7. The Kier molecular flexibility index (Phi) is 3.85. The molecular formula is C14H18N2O3. The summed E-state index contributed by atoms with van der Waals surface area (Å²) in [4.78, 5) is 22.6. The minimum atomic E-state index is -0.969. The summed E-state index contributed by atoms with van der Waals surface area (Å²) in [6.07, 6.45) is 3.22. The summed E-state index contributed by atoms with van der Waals surface area (Å²) in [6.45, 7) is 0.329. The molecule has 0 radical (unpaired) electrons. The number of aromatic carboxylic acids is 1. The van der Waals surface area contributed by atoms with Gasteiger partial charge in [-0.3, -0.25) is 4.79 Å². The summed E-state index contributed by atoms with van der Waals surface area (Å²) in [5.41, 5.74) is 6.67. The summed E-state index contributed by atoms with van der Waals surface area (Å²) < 4.78 is 0. The Balaban J connectivity index is 1.86. The lowest BCUT2D eigenvalue weighted by Crippen LogP contribution is -2.49. The Bertz CT molecular complexity index is 495. The normalized spacial score (nSPS) is 16.5. The molecule has 1 saturated carbocycles. The van der Waals surface area contributed by atoms with Crippen molar-refractivity contribution in [2.24, 2.45) is 5.73 Å². The van der Waals surface area contributed by atoms with Crippen molar-refractivity contribution in [1.82, 2.24) is 5.32 Å². The van der Waals surface area contributed by atoms with Gasteiger partial charge < -0.3 is 16.2 Å². The van der Waals surface area contributed by atoms with Crippen molar-refractivity contribution < 1.29 is 14.7 Å². The fraction of sp³-hybridized carbons (Fsp3) is 0.429. The molecule has 0 unspecified atom stereocenters. The molecule has 5 nitrogen and oxygen atoms in total. The number of carboxylic acids is 1. The van der Waals surface area contributed by atoms with Gasteiger partial charge >= 0.3 is 5.97 Å². The zero-order valence-corrected chi connectivity index (χ0v) is 10.7. The molecular weight excluding hydrogens is 244 g/mol. The van der Waals surface area contributed by atoms with Crippen LogP contribution >= 0.6 is 0 Å². The fourth-order valence-corrected chi connectivity index (χ4v) is 2.20. The third kappa shape index (κ3) is 3.54. The van der Waals surface area contributed by atoms with Crippen molar-refractivity contribution in [3.63, 3.8) is 0 Å².